The molecule has 0 saturated heterocycles. The summed E-state index contributed by atoms with van der Waals surface area (Å²) in [7, 11) is 0. The Morgan fingerprint density at radius 3 is 2.47 bits per heavy atom. The summed E-state index contributed by atoms with van der Waals surface area (Å²) < 4.78 is 5.13. The summed E-state index contributed by atoms with van der Waals surface area (Å²) in [5.74, 6) is -0.154. The van der Waals surface area contributed by atoms with Crippen molar-refractivity contribution in [2.45, 2.75) is 0 Å². The molecule has 0 fully saturated rings. The fraction of sp³-hybridized carbons (Fsp3) is 0. The smallest absolute Gasteiger partial charge is 0.345 e. The van der Waals surface area contributed by atoms with Crippen LogP contribution in [0.25, 0.3) is 21.7 Å². The quantitative estimate of drug-likeness (QED) is 0.378. The largest absolute Gasteiger partial charge is 0.506 e. The van der Waals surface area contributed by atoms with Crippen molar-refractivity contribution in [3.8, 4) is 5.75 Å². The number of aromatic hydroxyl groups is 1. The molecule has 0 atom stereocenters. The van der Waals surface area contributed by atoms with Gasteiger partial charge in [0, 0.05) is 10.8 Å². The van der Waals surface area contributed by atoms with Gasteiger partial charge in [0.1, 0.15) is 10.8 Å². The summed E-state index contributed by atoms with van der Waals surface area (Å²) >= 11 is 12.0. The molecule has 96 valence electrons. The van der Waals surface area contributed by atoms with Gasteiger partial charge in [0.05, 0.1) is 16.1 Å². The van der Waals surface area contributed by atoms with Gasteiger partial charge < -0.3 is 15.3 Å². The van der Waals surface area contributed by atoms with E-state index >= 15 is 0 Å². The maximum Gasteiger partial charge on any atom is 0.345 e. The highest BCUT2D eigenvalue weighted by Gasteiger charge is 2.15. The summed E-state index contributed by atoms with van der Waals surface area (Å²) in [6.07, 6.45) is 0. The van der Waals surface area contributed by atoms with Gasteiger partial charge in [-0.3, -0.25) is 0 Å². The van der Waals surface area contributed by atoms with E-state index in [-0.39, 0.29) is 26.8 Å². The number of nitrogen functional groups attached to an aromatic ring is 1. The van der Waals surface area contributed by atoms with E-state index in [0.717, 1.165) is 0 Å². The highest BCUT2D eigenvalue weighted by atomic mass is 35.5. The molecule has 0 saturated carbocycles. The Morgan fingerprint density at radius 1 is 1.05 bits per heavy atom. The lowest BCUT2D eigenvalue weighted by atomic mass is 10.1. The van der Waals surface area contributed by atoms with Gasteiger partial charge in [-0.05, 0) is 18.2 Å². The summed E-state index contributed by atoms with van der Waals surface area (Å²) in [4.78, 5) is 12.0. The minimum atomic E-state index is -0.646. The molecular formula is C13H7Cl2NO3. The molecule has 0 radical (unpaired) electrons. The van der Waals surface area contributed by atoms with Crippen molar-refractivity contribution < 1.29 is 9.52 Å². The highest BCUT2D eigenvalue weighted by molar-refractivity contribution is 6.40. The van der Waals surface area contributed by atoms with Crippen LogP contribution in [-0.2, 0) is 0 Å². The first kappa shape index (κ1) is 12.1. The lowest BCUT2D eigenvalue weighted by Gasteiger charge is -2.07. The zero-order valence-electron chi connectivity index (χ0n) is 9.41. The summed E-state index contributed by atoms with van der Waals surface area (Å²) in [5.41, 5.74) is 5.45. The molecule has 3 aromatic rings. The zero-order valence-corrected chi connectivity index (χ0v) is 10.9. The Balaban J connectivity index is 2.67. The molecular weight excluding hydrogens is 289 g/mol. The predicted octanol–water partition coefficient (Wildman–Crippen LogP) is 3.54. The number of rotatable bonds is 0. The van der Waals surface area contributed by atoms with Crippen molar-refractivity contribution in [3.05, 3.63) is 44.7 Å². The highest BCUT2D eigenvalue weighted by Crippen LogP contribution is 2.36. The Morgan fingerprint density at radius 2 is 1.74 bits per heavy atom. The fourth-order valence-corrected chi connectivity index (χ4v) is 2.46. The molecule has 0 bridgehead atoms. The standard InChI is InChI=1S/C13H7Cl2NO3/c14-10-7(16)3-1-5-6-2-4-8(17)11(15)12(6)19-13(18)9(5)10/h1-4,17H,16H2. The van der Waals surface area contributed by atoms with E-state index in [0.29, 0.717) is 16.5 Å². The van der Waals surface area contributed by atoms with Gasteiger partial charge in [0.2, 0.25) is 0 Å². The summed E-state index contributed by atoms with van der Waals surface area (Å²) in [5, 5.41) is 11.0. The lowest BCUT2D eigenvalue weighted by molar-refractivity contribution is 0.473. The maximum absolute atomic E-state index is 12.0. The van der Waals surface area contributed by atoms with Crippen molar-refractivity contribution in [1.82, 2.24) is 0 Å². The van der Waals surface area contributed by atoms with Crippen LogP contribution in [0.1, 0.15) is 0 Å². The molecule has 19 heavy (non-hydrogen) atoms. The minimum absolute atomic E-state index is 0.00977. The molecule has 1 aromatic heterocycles. The molecule has 6 heteroatoms. The second kappa shape index (κ2) is 4.05. The number of nitrogens with two attached hydrogens (primary N) is 1. The second-order valence-electron chi connectivity index (χ2n) is 4.06. The Hall–Kier alpha value is -1.91. The first-order valence-corrected chi connectivity index (χ1v) is 6.08. The number of phenolic OH excluding ortho intramolecular Hbond substituents is 1. The van der Waals surface area contributed by atoms with E-state index in [9.17, 15) is 9.90 Å². The molecule has 4 nitrogen and oxygen atoms in total. The zero-order chi connectivity index (χ0) is 13.7. The van der Waals surface area contributed by atoms with Gasteiger partial charge in [0.15, 0.2) is 5.58 Å². The normalized spacial score (nSPS) is 11.3. The van der Waals surface area contributed by atoms with E-state index in [4.69, 9.17) is 33.4 Å². The molecule has 0 amide bonds. The molecule has 3 N–H and O–H groups in total. The number of benzene rings is 2. The van der Waals surface area contributed by atoms with Gasteiger partial charge >= 0.3 is 5.63 Å². The average molecular weight is 296 g/mol. The topological polar surface area (TPSA) is 76.5 Å². The molecule has 0 aliphatic heterocycles. The molecule has 2 aromatic carbocycles. The minimum Gasteiger partial charge on any atom is -0.506 e. The van der Waals surface area contributed by atoms with E-state index in [1.165, 1.54) is 6.07 Å². The monoisotopic (exact) mass is 295 g/mol. The van der Waals surface area contributed by atoms with Crippen LogP contribution in [0.5, 0.6) is 5.75 Å². The van der Waals surface area contributed by atoms with E-state index in [1.807, 2.05) is 0 Å². The first-order valence-electron chi connectivity index (χ1n) is 5.32. The third kappa shape index (κ3) is 1.64. The summed E-state index contributed by atoms with van der Waals surface area (Å²) in [6.45, 7) is 0. The molecule has 0 spiro atoms. The van der Waals surface area contributed by atoms with Crippen LogP contribution in [0.2, 0.25) is 10.0 Å². The van der Waals surface area contributed by atoms with E-state index in [2.05, 4.69) is 0 Å². The SMILES string of the molecule is Nc1ccc2c(c1Cl)c(=O)oc1c(Cl)c(O)ccc12. The van der Waals surface area contributed by atoms with Crippen LogP contribution in [-0.4, -0.2) is 5.11 Å². The van der Waals surface area contributed by atoms with Gasteiger partial charge in [-0.15, -0.1) is 0 Å². The van der Waals surface area contributed by atoms with Crippen molar-refractivity contribution in [1.29, 1.82) is 0 Å². The van der Waals surface area contributed by atoms with Crippen LogP contribution in [0.4, 0.5) is 5.69 Å². The van der Waals surface area contributed by atoms with Gasteiger partial charge in [-0.25, -0.2) is 4.79 Å². The lowest BCUT2D eigenvalue weighted by Crippen LogP contribution is -2.02. The second-order valence-corrected chi connectivity index (χ2v) is 4.81. The van der Waals surface area contributed by atoms with Crippen molar-refractivity contribution >= 4 is 50.6 Å². The maximum atomic E-state index is 12.0. The molecule has 0 unspecified atom stereocenters. The van der Waals surface area contributed by atoms with E-state index in [1.54, 1.807) is 18.2 Å². The number of fused-ring (bicyclic) bond motifs is 3. The summed E-state index contributed by atoms with van der Waals surface area (Å²) in [6, 6.07) is 6.30. The van der Waals surface area contributed by atoms with Crippen LogP contribution in [0.3, 0.4) is 0 Å². The van der Waals surface area contributed by atoms with Crippen molar-refractivity contribution in [3.63, 3.8) is 0 Å². The Labute approximate surface area is 117 Å². The first-order chi connectivity index (χ1) is 9.00. The van der Waals surface area contributed by atoms with Crippen LogP contribution >= 0.6 is 23.2 Å². The Kier molecular flexibility index (Phi) is 2.59. The number of anilines is 1. The Bertz CT molecular complexity index is 887. The molecule has 3 rings (SSSR count). The molecule has 0 aliphatic rings. The van der Waals surface area contributed by atoms with Crippen LogP contribution in [0.15, 0.2) is 33.5 Å². The van der Waals surface area contributed by atoms with Crippen molar-refractivity contribution in [2.75, 3.05) is 5.73 Å². The van der Waals surface area contributed by atoms with E-state index < -0.39 is 5.63 Å². The number of hydrogen-bond donors (Lipinski definition) is 2. The van der Waals surface area contributed by atoms with Gasteiger partial charge in [-0.2, -0.15) is 0 Å². The van der Waals surface area contributed by atoms with Crippen molar-refractivity contribution in [2.24, 2.45) is 0 Å². The third-order valence-electron chi connectivity index (χ3n) is 2.94. The third-order valence-corrected chi connectivity index (χ3v) is 3.71. The van der Waals surface area contributed by atoms with Crippen LogP contribution < -0.4 is 11.4 Å². The average Bonchev–Trinajstić information content (AvgIpc) is 2.38. The predicted molar refractivity (Wildman–Crippen MR) is 76.1 cm³/mol. The number of halogens is 2. The number of hydrogen-bond acceptors (Lipinski definition) is 4. The molecule has 0 aliphatic carbocycles. The number of phenols is 1. The molecule has 1 heterocycles. The van der Waals surface area contributed by atoms with Gasteiger partial charge in [-0.1, -0.05) is 29.3 Å². The van der Waals surface area contributed by atoms with Crippen LogP contribution in [0, 0.1) is 0 Å². The van der Waals surface area contributed by atoms with Gasteiger partial charge in [0.25, 0.3) is 0 Å². The fourth-order valence-electron chi connectivity index (χ4n) is 2.02.